The SMILES string of the molecule is C=C(C)[C@H]1CC[C@@H](n2cc(NC(=O)c3coc(-c4ccnc(NCC(F)(F)F)c4)n3)c(C(F)F)n2)CC1. The predicted molar refractivity (Wildman–Crippen MR) is 125 cm³/mol. The van der Waals surface area contributed by atoms with Crippen LogP contribution in [0.3, 0.4) is 0 Å². The van der Waals surface area contributed by atoms with E-state index in [0.717, 1.165) is 37.5 Å². The van der Waals surface area contributed by atoms with Crippen LogP contribution in [0.1, 0.15) is 61.3 Å². The van der Waals surface area contributed by atoms with E-state index in [2.05, 4.69) is 32.3 Å². The molecule has 0 radical (unpaired) electrons. The van der Waals surface area contributed by atoms with Crippen molar-refractivity contribution in [2.75, 3.05) is 17.2 Å². The zero-order chi connectivity index (χ0) is 26.7. The van der Waals surface area contributed by atoms with E-state index in [1.807, 2.05) is 6.92 Å². The van der Waals surface area contributed by atoms with E-state index in [1.165, 1.54) is 29.2 Å². The van der Waals surface area contributed by atoms with Gasteiger partial charge in [-0.15, -0.1) is 0 Å². The lowest BCUT2D eigenvalue weighted by Crippen LogP contribution is -2.21. The van der Waals surface area contributed by atoms with Crippen LogP contribution in [0, 0.1) is 5.92 Å². The summed E-state index contributed by atoms with van der Waals surface area (Å²) in [6.07, 6.45) is -0.374. The molecular weight excluding hydrogens is 499 g/mol. The van der Waals surface area contributed by atoms with E-state index in [9.17, 15) is 26.7 Å². The second-order valence-corrected chi connectivity index (χ2v) is 8.95. The van der Waals surface area contributed by atoms with E-state index in [4.69, 9.17) is 4.42 Å². The summed E-state index contributed by atoms with van der Waals surface area (Å²) in [4.78, 5) is 20.6. The fourth-order valence-corrected chi connectivity index (χ4v) is 4.23. The molecule has 0 aromatic carbocycles. The predicted octanol–water partition coefficient (Wildman–Crippen LogP) is 6.40. The molecule has 1 fully saturated rings. The number of nitrogens with one attached hydrogen (secondary N) is 2. The molecule has 2 N–H and O–H groups in total. The first kappa shape index (κ1) is 26.3. The molecule has 1 saturated carbocycles. The van der Waals surface area contributed by atoms with Crippen LogP contribution in [0.4, 0.5) is 33.5 Å². The first-order chi connectivity index (χ1) is 17.5. The minimum Gasteiger partial charge on any atom is -0.444 e. The maximum Gasteiger partial charge on any atom is 0.405 e. The van der Waals surface area contributed by atoms with Crippen LogP contribution in [0.25, 0.3) is 11.5 Å². The number of pyridine rings is 1. The summed E-state index contributed by atoms with van der Waals surface area (Å²) < 4.78 is 71.4. The Balaban J connectivity index is 1.46. The number of halogens is 5. The second kappa shape index (κ2) is 10.7. The summed E-state index contributed by atoms with van der Waals surface area (Å²) in [5.74, 6) is -0.516. The number of allylic oxidation sites excluding steroid dienone is 1. The summed E-state index contributed by atoms with van der Waals surface area (Å²) in [5.41, 5.74) is 0.493. The summed E-state index contributed by atoms with van der Waals surface area (Å²) in [7, 11) is 0. The first-order valence-corrected chi connectivity index (χ1v) is 11.6. The van der Waals surface area contributed by atoms with Gasteiger partial charge >= 0.3 is 6.18 Å². The Labute approximate surface area is 209 Å². The van der Waals surface area contributed by atoms with Crippen LogP contribution in [-0.4, -0.2) is 38.4 Å². The van der Waals surface area contributed by atoms with Gasteiger partial charge in [0, 0.05) is 18.0 Å². The minimum absolute atomic E-state index is 0.0540. The van der Waals surface area contributed by atoms with Crippen molar-refractivity contribution in [2.45, 2.75) is 51.3 Å². The third-order valence-corrected chi connectivity index (χ3v) is 6.20. The van der Waals surface area contributed by atoms with Gasteiger partial charge in [-0.3, -0.25) is 9.48 Å². The van der Waals surface area contributed by atoms with Crippen molar-refractivity contribution in [1.82, 2.24) is 19.7 Å². The van der Waals surface area contributed by atoms with Crippen molar-refractivity contribution < 1.29 is 31.2 Å². The maximum absolute atomic E-state index is 13.7. The Bertz CT molecular complexity index is 1260. The van der Waals surface area contributed by atoms with Gasteiger partial charge in [0.1, 0.15) is 18.6 Å². The topological polar surface area (TPSA) is 97.9 Å². The van der Waals surface area contributed by atoms with Gasteiger partial charge in [-0.05, 0) is 50.7 Å². The zero-order valence-corrected chi connectivity index (χ0v) is 19.9. The smallest absolute Gasteiger partial charge is 0.405 e. The largest absolute Gasteiger partial charge is 0.444 e. The van der Waals surface area contributed by atoms with Crippen LogP contribution in [0.15, 0.2) is 47.4 Å². The number of hydrogen-bond acceptors (Lipinski definition) is 6. The van der Waals surface area contributed by atoms with E-state index in [1.54, 1.807) is 0 Å². The molecule has 0 saturated heterocycles. The molecule has 1 aliphatic rings. The average Bonchev–Trinajstić information content (AvgIpc) is 3.51. The summed E-state index contributed by atoms with van der Waals surface area (Å²) >= 11 is 0. The van der Waals surface area contributed by atoms with Gasteiger partial charge in [-0.2, -0.15) is 18.3 Å². The van der Waals surface area contributed by atoms with E-state index in [-0.39, 0.29) is 34.7 Å². The third kappa shape index (κ3) is 6.52. The lowest BCUT2D eigenvalue weighted by Gasteiger charge is -2.28. The van der Waals surface area contributed by atoms with Crippen molar-refractivity contribution in [3.8, 4) is 11.5 Å². The van der Waals surface area contributed by atoms with E-state index < -0.39 is 30.7 Å². The number of alkyl halides is 5. The molecule has 0 atom stereocenters. The summed E-state index contributed by atoms with van der Waals surface area (Å²) in [6.45, 7) is 4.69. The molecule has 3 aromatic rings. The van der Waals surface area contributed by atoms with E-state index in [0.29, 0.717) is 5.92 Å². The average molecular weight is 524 g/mol. The Morgan fingerprint density at radius 2 is 2.00 bits per heavy atom. The lowest BCUT2D eigenvalue weighted by molar-refractivity contribution is -0.115. The molecule has 198 valence electrons. The first-order valence-electron chi connectivity index (χ1n) is 11.6. The molecule has 1 aliphatic carbocycles. The molecule has 13 heteroatoms. The van der Waals surface area contributed by atoms with Crippen molar-refractivity contribution in [3.05, 3.63) is 54.3 Å². The van der Waals surface area contributed by atoms with Crippen LogP contribution in [-0.2, 0) is 0 Å². The fourth-order valence-electron chi connectivity index (χ4n) is 4.23. The Morgan fingerprint density at radius 3 is 2.65 bits per heavy atom. The fraction of sp³-hybridized carbons (Fsp3) is 0.417. The number of nitrogens with zero attached hydrogens (tertiary/aromatic N) is 4. The van der Waals surface area contributed by atoms with E-state index >= 15 is 0 Å². The van der Waals surface area contributed by atoms with Gasteiger partial charge in [-0.25, -0.2) is 18.7 Å². The number of aromatic nitrogens is 4. The molecular formula is C24H25F5N6O2. The molecule has 1 amide bonds. The molecule has 0 bridgehead atoms. The van der Waals surface area contributed by atoms with Crippen LogP contribution < -0.4 is 10.6 Å². The van der Waals surface area contributed by atoms with Crippen molar-refractivity contribution in [1.29, 1.82) is 0 Å². The summed E-state index contributed by atoms with van der Waals surface area (Å²) in [5, 5.41) is 8.60. The van der Waals surface area contributed by atoms with Gasteiger partial charge in [0.15, 0.2) is 11.4 Å². The number of carbonyl (C=O) groups excluding carboxylic acids is 1. The van der Waals surface area contributed by atoms with Crippen LogP contribution >= 0.6 is 0 Å². The third-order valence-electron chi connectivity index (χ3n) is 6.20. The monoisotopic (exact) mass is 524 g/mol. The van der Waals surface area contributed by atoms with Crippen molar-refractivity contribution >= 4 is 17.4 Å². The molecule has 3 aromatic heterocycles. The quantitative estimate of drug-likeness (QED) is 0.261. The van der Waals surface area contributed by atoms with Gasteiger partial charge in [0.2, 0.25) is 5.89 Å². The molecule has 3 heterocycles. The highest BCUT2D eigenvalue weighted by molar-refractivity contribution is 6.03. The van der Waals surface area contributed by atoms with Gasteiger partial charge in [-0.1, -0.05) is 12.2 Å². The van der Waals surface area contributed by atoms with Crippen LogP contribution in [0.2, 0.25) is 0 Å². The standard InChI is InChI=1S/C24H25F5N6O2/c1-13(2)14-3-5-16(6-4-14)35-10-17(20(34-35)21(25)26)32-22(36)18-11-37-23(33-18)15-7-8-30-19(9-15)31-12-24(27,28)29/h7-11,14,16,21H,1,3-6,12H2,2H3,(H,30,31)(H,32,36)/t14-,16+. The molecule has 0 aliphatic heterocycles. The van der Waals surface area contributed by atoms with Crippen LogP contribution in [0.5, 0.6) is 0 Å². The van der Waals surface area contributed by atoms with Gasteiger partial charge in [0.25, 0.3) is 12.3 Å². The highest BCUT2D eigenvalue weighted by Gasteiger charge is 2.28. The second-order valence-electron chi connectivity index (χ2n) is 8.95. The highest BCUT2D eigenvalue weighted by Crippen LogP contribution is 2.37. The Morgan fingerprint density at radius 1 is 1.27 bits per heavy atom. The van der Waals surface area contributed by atoms with Crippen molar-refractivity contribution in [2.24, 2.45) is 5.92 Å². The lowest BCUT2D eigenvalue weighted by atomic mass is 9.82. The number of oxazole rings is 1. The highest BCUT2D eigenvalue weighted by atomic mass is 19.4. The number of anilines is 2. The number of hydrogen-bond donors (Lipinski definition) is 2. The van der Waals surface area contributed by atoms with Gasteiger partial charge in [0.05, 0.1) is 11.7 Å². The molecule has 8 nitrogen and oxygen atoms in total. The number of rotatable bonds is 8. The molecule has 0 unspecified atom stereocenters. The maximum atomic E-state index is 13.7. The molecule has 4 rings (SSSR count). The van der Waals surface area contributed by atoms with Gasteiger partial charge < -0.3 is 15.1 Å². The molecule has 0 spiro atoms. The number of amides is 1. The zero-order valence-electron chi connectivity index (χ0n) is 19.9. The Hall–Kier alpha value is -3.77. The molecule has 37 heavy (non-hydrogen) atoms. The summed E-state index contributed by atoms with van der Waals surface area (Å²) in [6, 6.07) is 2.65. The van der Waals surface area contributed by atoms with Crippen molar-refractivity contribution in [3.63, 3.8) is 0 Å². The normalized spacial score (nSPS) is 18.1. The number of carbonyl (C=O) groups is 1. The Kier molecular flexibility index (Phi) is 7.60. The minimum atomic E-state index is -4.43.